The highest BCUT2D eigenvalue weighted by atomic mass is 19.3. The van der Waals surface area contributed by atoms with E-state index < -0.39 is 30.4 Å². The molecule has 1 aromatic carbocycles. The molecule has 0 amide bonds. The number of carbonyl (C=O) groups excluding carboxylic acids is 1. The van der Waals surface area contributed by atoms with Crippen LogP contribution in [0.25, 0.3) is 0 Å². The van der Waals surface area contributed by atoms with Crippen LogP contribution in [0, 0.1) is 0 Å². The fourth-order valence-corrected chi connectivity index (χ4v) is 1.04. The first-order chi connectivity index (χ1) is 8.04. The molecule has 0 bridgehead atoms. The highest BCUT2D eigenvalue weighted by molar-refractivity contribution is 5.65. The summed E-state index contributed by atoms with van der Waals surface area (Å²) in [5, 5.41) is 0. The van der Waals surface area contributed by atoms with Gasteiger partial charge < -0.3 is 9.47 Å². The molecule has 0 radical (unpaired) electrons. The fraction of sp³-hybridized carbons (Fsp3) is 0.222. The summed E-state index contributed by atoms with van der Waals surface area (Å²) in [6, 6.07) is 3.20. The van der Waals surface area contributed by atoms with E-state index in [1.165, 1.54) is 0 Å². The molecule has 0 saturated heterocycles. The summed E-state index contributed by atoms with van der Waals surface area (Å²) >= 11 is 0. The number of para-hydroxylation sites is 1. The van der Waals surface area contributed by atoms with Gasteiger partial charge in [0.05, 0.1) is 0 Å². The maximum atomic E-state index is 12.0. The zero-order valence-electron chi connectivity index (χ0n) is 8.07. The van der Waals surface area contributed by atoms with Gasteiger partial charge in [-0.1, -0.05) is 6.07 Å². The number of alkyl halides is 4. The van der Waals surface area contributed by atoms with Crippen LogP contribution in [0.5, 0.6) is 11.5 Å². The maximum absolute atomic E-state index is 12.0. The Balaban J connectivity index is 3.16. The van der Waals surface area contributed by atoms with Crippen LogP contribution in [0.15, 0.2) is 23.2 Å². The smallest absolute Gasteiger partial charge is 0.387 e. The standard InChI is InChI=1S/C9H5F4NO3/c10-8(11)16-5-2-1-3-6(17-9(12)13)7(5)14-4-15/h1-3,8-9H. The van der Waals surface area contributed by atoms with Crippen molar-refractivity contribution in [2.45, 2.75) is 13.2 Å². The highest BCUT2D eigenvalue weighted by Gasteiger charge is 2.16. The van der Waals surface area contributed by atoms with Gasteiger partial charge in [-0.15, -0.1) is 0 Å². The zero-order chi connectivity index (χ0) is 12.8. The van der Waals surface area contributed by atoms with Gasteiger partial charge in [0.1, 0.15) is 0 Å². The number of benzene rings is 1. The molecule has 0 aromatic heterocycles. The molecule has 0 heterocycles. The van der Waals surface area contributed by atoms with Crippen LogP contribution in [0.4, 0.5) is 23.2 Å². The van der Waals surface area contributed by atoms with E-state index in [-0.39, 0.29) is 0 Å². The van der Waals surface area contributed by atoms with E-state index in [2.05, 4.69) is 14.5 Å². The van der Waals surface area contributed by atoms with Gasteiger partial charge in [0.2, 0.25) is 6.08 Å². The first kappa shape index (κ1) is 13.0. The second-order valence-electron chi connectivity index (χ2n) is 2.56. The normalized spacial score (nSPS) is 10.2. The Morgan fingerprint density at radius 3 is 1.88 bits per heavy atom. The summed E-state index contributed by atoms with van der Waals surface area (Å²) in [7, 11) is 0. The second-order valence-corrected chi connectivity index (χ2v) is 2.56. The molecule has 0 fully saturated rings. The van der Waals surface area contributed by atoms with Gasteiger partial charge in [-0.25, -0.2) is 4.79 Å². The quantitative estimate of drug-likeness (QED) is 0.459. The van der Waals surface area contributed by atoms with E-state index in [0.29, 0.717) is 0 Å². The first-order valence-electron chi connectivity index (χ1n) is 4.15. The van der Waals surface area contributed by atoms with Gasteiger partial charge in [0.25, 0.3) is 0 Å². The SMILES string of the molecule is O=C=Nc1c(OC(F)F)cccc1OC(F)F. The Labute approximate surface area is 92.5 Å². The number of isocyanates is 1. The van der Waals surface area contributed by atoms with Crippen LogP contribution in [0.3, 0.4) is 0 Å². The molecule has 1 aromatic rings. The Kier molecular flexibility index (Phi) is 4.47. The monoisotopic (exact) mass is 251 g/mol. The predicted molar refractivity (Wildman–Crippen MR) is 47.5 cm³/mol. The summed E-state index contributed by atoms with van der Waals surface area (Å²) in [6.07, 6.45) is 1.04. The molecule has 4 nitrogen and oxygen atoms in total. The molecule has 0 spiro atoms. The fourth-order valence-electron chi connectivity index (χ4n) is 1.04. The average Bonchev–Trinajstić information content (AvgIpc) is 2.21. The molecule has 92 valence electrons. The third-order valence-corrected chi connectivity index (χ3v) is 1.55. The third-order valence-electron chi connectivity index (χ3n) is 1.55. The van der Waals surface area contributed by atoms with Gasteiger partial charge in [-0.05, 0) is 12.1 Å². The van der Waals surface area contributed by atoms with E-state index >= 15 is 0 Å². The molecule has 0 aliphatic carbocycles. The lowest BCUT2D eigenvalue weighted by atomic mass is 10.2. The number of hydrogen-bond donors (Lipinski definition) is 0. The first-order valence-corrected chi connectivity index (χ1v) is 4.15. The summed E-state index contributed by atoms with van der Waals surface area (Å²) in [4.78, 5) is 13.1. The van der Waals surface area contributed by atoms with Crippen LogP contribution in [-0.4, -0.2) is 19.3 Å². The van der Waals surface area contributed by atoms with Crippen molar-refractivity contribution < 1.29 is 31.8 Å². The topological polar surface area (TPSA) is 47.9 Å². The maximum Gasteiger partial charge on any atom is 0.387 e. The molecule has 8 heteroatoms. The minimum atomic E-state index is -3.18. The van der Waals surface area contributed by atoms with Crippen LogP contribution >= 0.6 is 0 Å². The van der Waals surface area contributed by atoms with Gasteiger partial charge in [0, 0.05) is 0 Å². The molecule has 0 aliphatic rings. The van der Waals surface area contributed by atoms with Crippen molar-refractivity contribution in [3.63, 3.8) is 0 Å². The molecule has 0 atom stereocenters. The van der Waals surface area contributed by atoms with Crippen molar-refractivity contribution in [3.8, 4) is 11.5 Å². The van der Waals surface area contributed by atoms with E-state index in [9.17, 15) is 22.4 Å². The van der Waals surface area contributed by atoms with Gasteiger partial charge in [-0.2, -0.15) is 22.6 Å². The molecular formula is C9H5F4NO3. The lowest BCUT2D eigenvalue weighted by molar-refractivity contribution is -0.0534. The van der Waals surface area contributed by atoms with Crippen LogP contribution in [0.1, 0.15) is 0 Å². The van der Waals surface area contributed by atoms with Crippen LogP contribution < -0.4 is 9.47 Å². The van der Waals surface area contributed by atoms with Crippen molar-refractivity contribution in [3.05, 3.63) is 18.2 Å². The van der Waals surface area contributed by atoms with Gasteiger partial charge >= 0.3 is 13.2 Å². The molecule has 1 rings (SSSR count). The minimum Gasteiger partial charge on any atom is -0.432 e. The molecule has 17 heavy (non-hydrogen) atoms. The summed E-state index contributed by atoms with van der Waals surface area (Å²) in [6.45, 7) is -6.37. The van der Waals surface area contributed by atoms with Crippen molar-refractivity contribution in [1.29, 1.82) is 0 Å². The summed E-state index contributed by atoms with van der Waals surface area (Å²) in [5.74, 6) is -1.11. The lowest BCUT2D eigenvalue weighted by Crippen LogP contribution is -2.05. The van der Waals surface area contributed by atoms with Gasteiger partial charge in [0.15, 0.2) is 17.2 Å². The second kappa shape index (κ2) is 5.86. The molecule has 0 N–H and O–H groups in total. The van der Waals surface area contributed by atoms with Gasteiger partial charge in [-0.3, -0.25) is 0 Å². The Morgan fingerprint density at radius 1 is 1.06 bits per heavy atom. The van der Waals surface area contributed by atoms with Crippen molar-refractivity contribution >= 4 is 11.8 Å². The summed E-state index contributed by atoms with van der Waals surface area (Å²) < 4.78 is 55.9. The molecule has 0 saturated carbocycles. The van der Waals surface area contributed by atoms with Crippen molar-refractivity contribution in [2.24, 2.45) is 4.99 Å². The Morgan fingerprint density at radius 2 is 1.53 bits per heavy atom. The molecular weight excluding hydrogens is 246 g/mol. The number of ether oxygens (including phenoxy) is 2. The van der Waals surface area contributed by atoms with E-state index in [0.717, 1.165) is 24.3 Å². The largest absolute Gasteiger partial charge is 0.432 e. The number of nitrogens with zero attached hydrogens (tertiary/aromatic N) is 1. The Bertz CT molecular complexity index is 404. The van der Waals surface area contributed by atoms with Crippen LogP contribution in [0.2, 0.25) is 0 Å². The average molecular weight is 251 g/mol. The Hall–Kier alpha value is -2.08. The van der Waals surface area contributed by atoms with Crippen molar-refractivity contribution in [1.82, 2.24) is 0 Å². The number of halogens is 4. The number of rotatable bonds is 5. The van der Waals surface area contributed by atoms with Crippen molar-refractivity contribution in [2.75, 3.05) is 0 Å². The minimum absolute atomic E-state index is 0.554. The van der Waals surface area contributed by atoms with E-state index in [4.69, 9.17) is 0 Å². The molecule has 0 unspecified atom stereocenters. The molecule has 0 aliphatic heterocycles. The number of aliphatic imine (C=N–C) groups is 1. The zero-order valence-corrected chi connectivity index (χ0v) is 8.07. The predicted octanol–water partition coefficient (Wildman–Crippen LogP) is 2.86. The van der Waals surface area contributed by atoms with E-state index in [1.807, 2.05) is 0 Å². The van der Waals surface area contributed by atoms with Crippen LogP contribution in [-0.2, 0) is 4.79 Å². The third kappa shape index (κ3) is 3.76. The lowest BCUT2D eigenvalue weighted by Gasteiger charge is -2.11. The summed E-state index contributed by atoms with van der Waals surface area (Å²) in [5.41, 5.74) is -0.567. The highest BCUT2D eigenvalue weighted by Crippen LogP contribution is 2.38. The number of hydrogen-bond acceptors (Lipinski definition) is 4. The van der Waals surface area contributed by atoms with E-state index in [1.54, 1.807) is 0 Å².